The smallest absolute Gasteiger partial charge is 0.255 e. The van der Waals surface area contributed by atoms with Crippen LogP contribution in [0.2, 0.25) is 15.1 Å². The molecule has 35 heavy (non-hydrogen) atoms. The molecular formula is C26H21Cl3FN3O2. The average Bonchev–Trinajstić information content (AvgIpc) is 3.08. The first-order chi connectivity index (χ1) is 16.7. The second-order valence-electron chi connectivity index (χ2n) is 7.96. The lowest BCUT2D eigenvalue weighted by Gasteiger charge is -2.11. The van der Waals surface area contributed by atoms with Crippen molar-refractivity contribution < 1.29 is 13.9 Å². The van der Waals surface area contributed by atoms with E-state index in [1.54, 1.807) is 47.1 Å². The maximum Gasteiger partial charge on any atom is 0.255 e. The molecule has 0 radical (unpaired) electrons. The van der Waals surface area contributed by atoms with Crippen molar-refractivity contribution in [1.82, 2.24) is 9.78 Å². The van der Waals surface area contributed by atoms with E-state index in [-0.39, 0.29) is 12.5 Å². The van der Waals surface area contributed by atoms with Gasteiger partial charge in [0, 0.05) is 15.6 Å². The maximum absolute atomic E-state index is 13.4. The van der Waals surface area contributed by atoms with E-state index in [0.717, 1.165) is 16.8 Å². The first-order valence-electron chi connectivity index (χ1n) is 10.7. The molecule has 3 aromatic carbocycles. The van der Waals surface area contributed by atoms with Gasteiger partial charge in [0.2, 0.25) is 0 Å². The van der Waals surface area contributed by atoms with Crippen LogP contribution >= 0.6 is 34.8 Å². The van der Waals surface area contributed by atoms with Gasteiger partial charge >= 0.3 is 0 Å². The number of aryl methyl sites for hydroxylation is 1. The fraction of sp³-hybridized carbons (Fsp3) is 0.154. The van der Waals surface area contributed by atoms with E-state index < -0.39 is 5.82 Å². The Morgan fingerprint density at radius 1 is 1.03 bits per heavy atom. The summed E-state index contributed by atoms with van der Waals surface area (Å²) in [5.74, 6) is -0.170. The largest absolute Gasteiger partial charge is 0.487 e. The van der Waals surface area contributed by atoms with Crippen LogP contribution < -0.4 is 10.1 Å². The Labute approximate surface area is 217 Å². The van der Waals surface area contributed by atoms with Crippen LogP contribution in [0.1, 0.15) is 32.9 Å². The van der Waals surface area contributed by atoms with Gasteiger partial charge in [0.15, 0.2) is 0 Å². The Balaban J connectivity index is 1.47. The summed E-state index contributed by atoms with van der Waals surface area (Å²) in [6, 6.07) is 16.4. The molecule has 0 spiro atoms. The lowest BCUT2D eigenvalue weighted by molar-refractivity contribution is 0.102. The predicted molar refractivity (Wildman–Crippen MR) is 137 cm³/mol. The van der Waals surface area contributed by atoms with Crippen molar-refractivity contribution in [3.63, 3.8) is 0 Å². The van der Waals surface area contributed by atoms with Crippen LogP contribution in [0, 0.1) is 19.7 Å². The molecule has 1 N–H and O–H groups in total. The summed E-state index contributed by atoms with van der Waals surface area (Å²) >= 11 is 18.2. The molecule has 180 valence electrons. The van der Waals surface area contributed by atoms with Crippen LogP contribution in [0.5, 0.6) is 5.75 Å². The van der Waals surface area contributed by atoms with Crippen LogP contribution in [0.4, 0.5) is 10.1 Å². The average molecular weight is 533 g/mol. The molecule has 0 aliphatic rings. The molecule has 0 aliphatic heterocycles. The summed E-state index contributed by atoms with van der Waals surface area (Å²) in [7, 11) is 0. The number of carbonyl (C=O) groups is 1. The molecule has 0 bridgehead atoms. The van der Waals surface area contributed by atoms with E-state index in [1.807, 2.05) is 19.9 Å². The number of aromatic nitrogens is 2. The summed E-state index contributed by atoms with van der Waals surface area (Å²) in [5, 5.41) is 8.73. The number of benzene rings is 3. The molecule has 5 nitrogen and oxygen atoms in total. The molecule has 0 fully saturated rings. The second-order valence-corrected chi connectivity index (χ2v) is 9.21. The topological polar surface area (TPSA) is 56.2 Å². The van der Waals surface area contributed by atoms with Crippen molar-refractivity contribution >= 4 is 46.4 Å². The lowest BCUT2D eigenvalue weighted by Crippen LogP contribution is -2.14. The monoisotopic (exact) mass is 531 g/mol. The van der Waals surface area contributed by atoms with Crippen LogP contribution in [0.15, 0.2) is 60.7 Å². The number of nitrogens with zero attached hydrogens (tertiary/aromatic N) is 2. The van der Waals surface area contributed by atoms with Gasteiger partial charge in [0.25, 0.3) is 5.91 Å². The molecule has 4 aromatic rings. The van der Waals surface area contributed by atoms with Crippen molar-refractivity contribution in [3.05, 3.63) is 110 Å². The Kier molecular flexibility index (Phi) is 7.65. The summed E-state index contributed by atoms with van der Waals surface area (Å²) in [4.78, 5) is 13.0. The minimum Gasteiger partial charge on any atom is -0.487 e. The third-order valence-electron chi connectivity index (χ3n) is 5.43. The van der Waals surface area contributed by atoms with Gasteiger partial charge in [0.1, 0.15) is 18.2 Å². The number of ether oxygens (including phenoxy) is 1. The van der Waals surface area contributed by atoms with E-state index in [0.29, 0.717) is 44.3 Å². The number of halogens is 4. The first-order valence-corrected chi connectivity index (χ1v) is 11.8. The van der Waals surface area contributed by atoms with Crippen LogP contribution in [0.25, 0.3) is 0 Å². The normalized spacial score (nSPS) is 10.9. The van der Waals surface area contributed by atoms with Crippen LogP contribution in [-0.4, -0.2) is 15.7 Å². The number of hydrogen-bond donors (Lipinski definition) is 1. The number of amides is 1. The number of carbonyl (C=O) groups excluding carboxylic acids is 1. The van der Waals surface area contributed by atoms with Crippen molar-refractivity contribution in [1.29, 1.82) is 0 Å². The summed E-state index contributed by atoms with van der Waals surface area (Å²) < 4.78 is 20.9. The molecule has 0 saturated heterocycles. The lowest BCUT2D eigenvalue weighted by atomic mass is 10.1. The highest BCUT2D eigenvalue weighted by atomic mass is 35.5. The van der Waals surface area contributed by atoms with Crippen molar-refractivity contribution in [3.8, 4) is 5.75 Å². The molecule has 1 aromatic heterocycles. The zero-order valence-corrected chi connectivity index (χ0v) is 21.2. The highest BCUT2D eigenvalue weighted by Gasteiger charge is 2.17. The number of anilines is 1. The molecule has 0 atom stereocenters. The Morgan fingerprint density at radius 2 is 1.83 bits per heavy atom. The number of rotatable bonds is 7. The molecule has 0 aliphatic carbocycles. The minimum absolute atomic E-state index is 0.233. The van der Waals surface area contributed by atoms with Crippen LogP contribution in [-0.2, 0) is 13.2 Å². The van der Waals surface area contributed by atoms with Gasteiger partial charge in [-0.25, -0.2) is 4.39 Å². The fourth-order valence-corrected chi connectivity index (χ4v) is 4.27. The van der Waals surface area contributed by atoms with Gasteiger partial charge in [-0.05, 0) is 67.4 Å². The van der Waals surface area contributed by atoms with E-state index in [4.69, 9.17) is 39.5 Å². The second kappa shape index (κ2) is 10.7. The van der Waals surface area contributed by atoms with Gasteiger partial charge in [0.05, 0.1) is 28.6 Å². The van der Waals surface area contributed by atoms with Gasteiger partial charge < -0.3 is 10.1 Å². The molecule has 0 saturated carbocycles. The van der Waals surface area contributed by atoms with Crippen molar-refractivity contribution in [2.24, 2.45) is 0 Å². The third kappa shape index (κ3) is 5.96. The number of hydrogen-bond acceptors (Lipinski definition) is 3. The quantitative estimate of drug-likeness (QED) is 0.268. The van der Waals surface area contributed by atoms with Gasteiger partial charge in [-0.15, -0.1) is 0 Å². The van der Waals surface area contributed by atoms with Gasteiger partial charge in [-0.2, -0.15) is 5.10 Å². The van der Waals surface area contributed by atoms with Crippen molar-refractivity contribution in [2.75, 3.05) is 5.32 Å². The van der Waals surface area contributed by atoms with Gasteiger partial charge in [-0.3, -0.25) is 9.48 Å². The molecule has 1 amide bonds. The molecule has 9 heteroatoms. The first kappa shape index (κ1) is 25.0. The van der Waals surface area contributed by atoms with E-state index >= 15 is 0 Å². The molecule has 1 heterocycles. The van der Waals surface area contributed by atoms with E-state index in [2.05, 4.69) is 10.4 Å². The fourth-order valence-electron chi connectivity index (χ4n) is 3.58. The van der Waals surface area contributed by atoms with E-state index in [1.165, 1.54) is 12.1 Å². The zero-order valence-electron chi connectivity index (χ0n) is 18.9. The Bertz CT molecular complexity index is 1400. The highest BCUT2D eigenvalue weighted by Crippen LogP contribution is 2.28. The Hall–Kier alpha value is -3.06. The number of nitrogens with one attached hydrogen (secondary N) is 1. The summed E-state index contributed by atoms with van der Waals surface area (Å²) in [6.07, 6.45) is 0. The SMILES string of the molecule is Cc1nn(Cc2ccc(F)cc2Cl)c(C)c1NC(=O)c1cccc(COc2ccc(Cl)cc2Cl)c1. The maximum atomic E-state index is 13.4. The zero-order chi connectivity index (χ0) is 25.1. The summed E-state index contributed by atoms with van der Waals surface area (Å²) in [5.41, 5.74) is 4.03. The standard InChI is InChI=1S/C26H21Cl3FN3O2/c1-15-25(16(2)33(32-15)13-19-6-8-21(30)12-22(19)28)31-26(34)18-5-3-4-17(10-18)14-35-24-9-7-20(27)11-23(24)29/h3-12H,13-14H2,1-2H3,(H,31,34). The summed E-state index contributed by atoms with van der Waals surface area (Å²) in [6.45, 7) is 4.25. The minimum atomic E-state index is -0.399. The van der Waals surface area contributed by atoms with Crippen molar-refractivity contribution in [2.45, 2.75) is 27.0 Å². The molecular weight excluding hydrogens is 512 g/mol. The van der Waals surface area contributed by atoms with Gasteiger partial charge in [-0.1, -0.05) is 53.0 Å². The molecule has 4 rings (SSSR count). The highest BCUT2D eigenvalue weighted by molar-refractivity contribution is 6.35. The molecule has 0 unspecified atom stereocenters. The third-order valence-corrected chi connectivity index (χ3v) is 6.31. The van der Waals surface area contributed by atoms with Crippen LogP contribution in [0.3, 0.4) is 0 Å². The Morgan fingerprint density at radius 3 is 2.57 bits per heavy atom. The predicted octanol–water partition coefficient (Wildman–Crippen LogP) is 7.48. The van der Waals surface area contributed by atoms with E-state index in [9.17, 15) is 9.18 Å².